The molecule has 2 saturated carbocycles. The van der Waals surface area contributed by atoms with Crippen molar-refractivity contribution in [2.45, 2.75) is 75.9 Å². The van der Waals surface area contributed by atoms with Crippen molar-refractivity contribution in [2.24, 2.45) is 11.7 Å². The van der Waals surface area contributed by atoms with E-state index in [0.717, 1.165) is 51.4 Å². The summed E-state index contributed by atoms with van der Waals surface area (Å²) in [6.07, 6.45) is 10.00. The molecule has 0 saturated heterocycles. The summed E-state index contributed by atoms with van der Waals surface area (Å²) in [4.78, 5) is 12.1. The third-order valence-corrected chi connectivity index (χ3v) is 4.71. The lowest BCUT2D eigenvalue weighted by atomic mass is 9.85. The fourth-order valence-electron chi connectivity index (χ4n) is 3.43. The molecule has 2 aliphatic carbocycles. The van der Waals surface area contributed by atoms with Crippen LogP contribution in [0.2, 0.25) is 0 Å². The van der Waals surface area contributed by atoms with Gasteiger partial charge in [0.2, 0.25) is 5.91 Å². The lowest BCUT2D eigenvalue weighted by Gasteiger charge is -2.30. The van der Waals surface area contributed by atoms with Crippen LogP contribution in [0.15, 0.2) is 0 Å². The standard InChI is InChI=1S/C15H28N2O2/c16-13-7-5-6-12(10-13)14(18)17-11-15(19)8-3-1-2-4-9-15/h12-13,19H,1-11,16H2,(H,17,18). The average Bonchev–Trinajstić information content (AvgIpc) is 2.61. The van der Waals surface area contributed by atoms with Gasteiger partial charge < -0.3 is 16.2 Å². The van der Waals surface area contributed by atoms with Crippen LogP contribution in [0.1, 0.15) is 64.2 Å². The summed E-state index contributed by atoms with van der Waals surface area (Å²) in [7, 11) is 0. The number of nitrogens with one attached hydrogen (secondary N) is 1. The van der Waals surface area contributed by atoms with Crippen LogP contribution < -0.4 is 11.1 Å². The molecule has 0 aromatic rings. The van der Waals surface area contributed by atoms with Crippen molar-refractivity contribution in [3.8, 4) is 0 Å². The highest BCUT2D eigenvalue weighted by Gasteiger charge is 2.30. The van der Waals surface area contributed by atoms with Gasteiger partial charge in [-0.2, -0.15) is 0 Å². The molecule has 0 radical (unpaired) electrons. The molecule has 0 aromatic heterocycles. The second-order valence-electron chi connectivity index (χ2n) is 6.48. The Kier molecular flexibility index (Phi) is 5.22. The molecule has 4 N–H and O–H groups in total. The van der Waals surface area contributed by atoms with Crippen molar-refractivity contribution >= 4 is 5.91 Å². The maximum Gasteiger partial charge on any atom is 0.223 e. The van der Waals surface area contributed by atoms with Gasteiger partial charge in [0, 0.05) is 18.5 Å². The van der Waals surface area contributed by atoms with Gasteiger partial charge >= 0.3 is 0 Å². The van der Waals surface area contributed by atoms with E-state index in [4.69, 9.17) is 5.73 Å². The van der Waals surface area contributed by atoms with E-state index in [1.54, 1.807) is 0 Å². The van der Waals surface area contributed by atoms with Gasteiger partial charge in [0.05, 0.1) is 5.60 Å². The fraction of sp³-hybridized carbons (Fsp3) is 0.933. The Balaban J connectivity index is 1.78. The van der Waals surface area contributed by atoms with E-state index in [1.807, 2.05) is 0 Å². The van der Waals surface area contributed by atoms with Gasteiger partial charge in [-0.05, 0) is 32.1 Å². The minimum Gasteiger partial charge on any atom is -0.388 e. The smallest absolute Gasteiger partial charge is 0.223 e. The lowest BCUT2D eigenvalue weighted by molar-refractivity contribution is -0.127. The van der Waals surface area contributed by atoms with Crippen LogP contribution in [0, 0.1) is 5.92 Å². The second-order valence-corrected chi connectivity index (χ2v) is 6.48. The highest BCUT2D eigenvalue weighted by molar-refractivity contribution is 5.78. The number of amides is 1. The summed E-state index contributed by atoms with van der Waals surface area (Å²) in [6, 6.07) is 0.172. The number of carbonyl (C=O) groups excluding carboxylic acids is 1. The lowest BCUT2D eigenvalue weighted by Crippen LogP contribution is -2.46. The summed E-state index contributed by atoms with van der Waals surface area (Å²) in [5.74, 6) is 0.144. The SMILES string of the molecule is NC1CCCC(C(=O)NCC2(O)CCCCCC2)C1. The molecule has 19 heavy (non-hydrogen) atoms. The number of hydrogen-bond donors (Lipinski definition) is 3. The highest BCUT2D eigenvalue weighted by atomic mass is 16.3. The van der Waals surface area contributed by atoms with Crippen LogP contribution in [0.4, 0.5) is 0 Å². The molecule has 2 fully saturated rings. The maximum absolute atomic E-state index is 12.1. The molecule has 2 unspecified atom stereocenters. The number of hydrogen-bond acceptors (Lipinski definition) is 3. The third-order valence-electron chi connectivity index (χ3n) is 4.71. The van der Waals surface area contributed by atoms with Crippen LogP contribution >= 0.6 is 0 Å². The minimum absolute atomic E-state index is 0.0538. The van der Waals surface area contributed by atoms with Crippen LogP contribution in [-0.2, 0) is 4.79 Å². The zero-order valence-corrected chi connectivity index (χ0v) is 11.9. The molecule has 2 atom stereocenters. The van der Waals surface area contributed by atoms with Crippen LogP contribution in [0.25, 0.3) is 0 Å². The van der Waals surface area contributed by atoms with Gasteiger partial charge in [-0.25, -0.2) is 0 Å². The summed E-state index contributed by atoms with van der Waals surface area (Å²) >= 11 is 0. The minimum atomic E-state index is -0.678. The van der Waals surface area contributed by atoms with E-state index in [-0.39, 0.29) is 17.9 Å². The van der Waals surface area contributed by atoms with Gasteiger partial charge in [-0.1, -0.05) is 32.1 Å². The van der Waals surface area contributed by atoms with Crippen molar-refractivity contribution in [3.05, 3.63) is 0 Å². The molecule has 0 aliphatic heterocycles. The van der Waals surface area contributed by atoms with E-state index >= 15 is 0 Å². The molecule has 0 aromatic carbocycles. The average molecular weight is 268 g/mol. The molecule has 2 aliphatic rings. The van der Waals surface area contributed by atoms with Crippen molar-refractivity contribution in [2.75, 3.05) is 6.54 Å². The predicted octanol–water partition coefficient (Wildman–Crippen LogP) is 1.71. The molecular formula is C15H28N2O2. The molecule has 0 bridgehead atoms. The van der Waals surface area contributed by atoms with Gasteiger partial charge in [0.25, 0.3) is 0 Å². The first-order chi connectivity index (χ1) is 9.09. The van der Waals surface area contributed by atoms with Crippen molar-refractivity contribution < 1.29 is 9.90 Å². The Morgan fingerprint density at radius 3 is 2.47 bits per heavy atom. The van der Waals surface area contributed by atoms with Gasteiger partial charge in [0.15, 0.2) is 0 Å². The molecule has 4 nitrogen and oxygen atoms in total. The quantitative estimate of drug-likeness (QED) is 0.682. The Bertz CT molecular complexity index is 299. The molecule has 4 heteroatoms. The van der Waals surface area contributed by atoms with E-state index in [2.05, 4.69) is 5.32 Å². The Labute approximate surface area is 116 Å². The summed E-state index contributed by atoms with van der Waals surface area (Å²) < 4.78 is 0. The highest BCUT2D eigenvalue weighted by Crippen LogP contribution is 2.27. The van der Waals surface area contributed by atoms with Gasteiger partial charge in [-0.3, -0.25) is 4.79 Å². The third kappa shape index (κ3) is 4.46. The second kappa shape index (κ2) is 6.71. The van der Waals surface area contributed by atoms with E-state index in [0.29, 0.717) is 6.54 Å². The summed E-state index contributed by atoms with van der Waals surface area (Å²) in [5.41, 5.74) is 5.24. The number of aliphatic hydroxyl groups is 1. The first-order valence-corrected chi connectivity index (χ1v) is 7.85. The number of carbonyl (C=O) groups is 1. The zero-order chi connectivity index (χ0) is 13.7. The summed E-state index contributed by atoms with van der Waals surface area (Å²) in [5, 5.41) is 13.5. The first kappa shape index (κ1) is 14.8. The molecule has 2 rings (SSSR count). The monoisotopic (exact) mass is 268 g/mol. The van der Waals surface area contributed by atoms with Crippen LogP contribution in [-0.4, -0.2) is 29.2 Å². The fourth-order valence-corrected chi connectivity index (χ4v) is 3.43. The molecule has 1 amide bonds. The molecule has 110 valence electrons. The summed E-state index contributed by atoms with van der Waals surface area (Å²) in [6.45, 7) is 0.414. The number of nitrogens with two attached hydrogens (primary N) is 1. The molecule has 0 spiro atoms. The van der Waals surface area contributed by atoms with Crippen LogP contribution in [0.3, 0.4) is 0 Å². The topological polar surface area (TPSA) is 75.4 Å². The molecular weight excluding hydrogens is 240 g/mol. The molecule has 0 heterocycles. The first-order valence-electron chi connectivity index (χ1n) is 7.85. The van der Waals surface area contributed by atoms with E-state index in [9.17, 15) is 9.90 Å². The van der Waals surface area contributed by atoms with Crippen molar-refractivity contribution in [1.82, 2.24) is 5.32 Å². The van der Waals surface area contributed by atoms with E-state index in [1.165, 1.54) is 12.8 Å². The van der Waals surface area contributed by atoms with Gasteiger partial charge in [0.1, 0.15) is 0 Å². The van der Waals surface area contributed by atoms with Crippen molar-refractivity contribution in [1.29, 1.82) is 0 Å². The van der Waals surface area contributed by atoms with Crippen molar-refractivity contribution in [3.63, 3.8) is 0 Å². The zero-order valence-electron chi connectivity index (χ0n) is 11.9. The predicted molar refractivity (Wildman–Crippen MR) is 75.6 cm³/mol. The van der Waals surface area contributed by atoms with Gasteiger partial charge in [-0.15, -0.1) is 0 Å². The van der Waals surface area contributed by atoms with Crippen LogP contribution in [0.5, 0.6) is 0 Å². The largest absolute Gasteiger partial charge is 0.388 e. The Morgan fingerprint density at radius 1 is 1.16 bits per heavy atom. The maximum atomic E-state index is 12.1. The normalized spacial score (nSPS) is 31.5. The Hall–Kier alpha value is -0.610. The van der Waals surface area contributed by atoms with E-state index < -0.39 is 5.60 Å². The number of rotatable bonds is 3. The Morgan fingerprint density at radius 2 is 1.84 bits per heavy atom.